The molecule has 0 aliphatic carbocycles. The molecule has 4 heterocycles. The molecular formula is C19H25N3OS. The van der Waals surface area contributed by atoms with Gasteiger partial charge in [-0.15, -0.1) is 0 Å². The van der Waals surface area contributed by atoms with Crippen LogP contribution in [0.5, 0.6) is 0 Å². The monoisotopic (exact) mass is 343 g/mol. The number of rotatable bonds is 4. The average molecular weight is 343 g/mol. The molecule has 0 unspecified atom stereocenters. The summed E-state index contributed by atoms with van der Waals surface area (Å²) in [4.78, 5) is 9.35. The van der Waals surface area contributed by atoms with Gasteiger partial charge in [-0.05, 0) is 52.9 Å². The number of morpholine rings is 1. The second-order valence-electron chi connectivity index (χ2n) is 6.79. The number of hydrogen-bond acceptors (Lipinski definition) is 5. The van der Waals surface area contributed by atoms with Crippen molar-refractivity contribution in [3.8, 4) is 0 Å². The zero-order valence-electron chi connectivity index (χ0n) is 14.0. The Hall–Kier alpha value is -1.27. The molecule has 0 bridgehead atoms. The topological polar surface area (TPSA) is 28.6 Å². The molecule has 24 heavy (non-hydrogen) atoms. The van der Waals surface area contributed by atoms with E-state index in [1.807, 2.05) is 12.4 Å². The van der Waals surface area contributed by atoms with Crippen LogP contribution in [-0.4, -0.2) is 53.2 Å². The molecule has 0 N–H and O–H groups in total. The first-order valence-corrected chi connectivity index (χ1v) is 9.81. The fraction of sp³-hybridized carbons (Fsp3) is 0.526. The number of likely N-dealkylation sites (tertiary alicyclic amines) is 1. The Labute approximate surface area is 148 Å². The van der Waals surface area contributed by atoms with Crippen molar-refractivity contribution in [3.05, 3.63) is 52.5 Å². The van der Waals surface area contributed by atoms with Crippen LogP contribution in [-0.2, 0) is 17.8 Å². The Morgan fingerprint density at radius 1 is 1.04 bits per heavy atom. The van der Waals surface area contributed by atoms with Crippen molar-refractivity contribution in [2.45, 2.75) is 38.1 Å². The van der Waals surface area contributed by atoms with Crippen molar-refractivity contribution < 1.29 is 4.74 Å². The minimum absolute atomic E-state index is 0.382. The summed E-state index contributed by atoms with van der Waals surface area (Å²) >= 11 is 1.79. The molecule has 4 nitrogen and oxygen atoms in total. The number of thiophene rings is 1. The first-order chi connectivity index (χ1) is 11.9. The summed E-state index contributed by atoms with van der Waals surface area (Å²) in [5.74, 6) is 0. The molecule has 2 atom stereocenters. The number of aromatic nitrogens is 1. The molecular weight excluding hydrogens is 318 g/mol. The van der Waals surface area contributed by atoms with Gasteiger partial charge in [-0.1, -0.05) is 0 Å². The molecule has 0 radical (unpaired) electrons. The van der Waals surface area contributed by atoms with Crippen molar-refractivity contribution in [2.24, 2.45) is 0 Å². The lowest BCUT2D eigenvalue weighted by Gasteiger charge is -2.40. The minimum atomic E-state index is 0.382. The second kappa shape index (κ2) is 7.74. The molecule has 0 spiro atoms. The van der Waals surface area contributed by atoms with E-state index in [1.165, 1.54) is 17.5 Å². The largest absolute Gasteiger partial charge is 0.375 e. The van der Waals surface area contributed by atoms with Crippen molar-refractivity contribution in [2.75, 3.05) is 26.2 Å². The third-order valence-corrected chi connectivity index (χ3v) is 5.93. The fourth-order valence-corrected chi connectivity index (χ4v) is 4.59. The van der Waals surface area contributed by atoms with Crippen molar-refractivity contribution in [1.29, 1.82) is 0 Å². The fourth-order valence-electron chi connectivity index (χ4n) is 3.93. The van der Waals surface area contributed by atoms with E-state index >= 15 is 0 Å². The summed E-state index contributed by atoms with van der Waals surface area (Å²) < 4.78 is 6.13. The molecule has 5 heteroatoms. The quantitative estimate of drug-likeness (QED) is 0.853. The van der Waals surface area contributed by atoms with E-state index in [-0.39, 0.29) is 0 Å². The van der Waals surface area contributed by atoms with E-state index in [0.29, 0.717) is 12.1 Å². The van der Waals surface area contributed by atoms with Gasteiger partial charge < -0.3 is 4.74 Å². The number of nitrogens with zero attached hydrogens (tertiary/aromatic N) is 3. The van der Waals surface area contributed by atoms with E-state index in [9.17, 15) is 0 Å². The molecule has 0 saturated carbocycles. The van der Waals surface area contributed by atoms with Gasteiger partial charge in [-0.25, -0.2) is 0 Å². The summed E-state index contributed by atoms with van der Waals surface area (Å²) in [5.41, 5.74) is 2.80. The normalized spacial score (nSPS) is 26.0. The van der Waals surface area contributed by atoms with Gasteiger partial charge in [0.15, 0.2) is 0 Å². The Bertz CT molecular complexity index is 619. The lowest BCUT2D eigenvalue weighted by atomic mass is 10.0. The Morgan fingerprint density at radius 3 is 2.75 bits per heavy atom. The maximum absolute atomic E-state index is 6.13. The zero-order chi connectivity index (χ0) is 16.2. The smallest absolute Gasteiger partial charge is 0.0743 e. The van der Waals surface area contributed by atoms with Gasteiger partial charge in [0.05, 0.1) is 12.7 Å². The van der Waals surface area contributed by atoms with E-state index in [2.05, 4.69) is 43.7 Å². The Balaban J connectivity index is 1.40. The van der Waals surface area contributed by atoms with Crippen LogP contribution >= 0.6 is 11.3 Å². The van der Waals surface area contributed by atoms with E-state index in [1.54, 1.807) is 11.3 Å². The van der Waals surface area contributed by atoms with Crippen LogP contribution in [0.1, 0.15) is 24.0 Å². The van der Waals surface area contributed by atoms with Crippen LogP contribution < -0.4 is 0 Å². The van der Waals surface area contributed by atoms with Crippen LogP contribution in [0.25, 0.3) is 0 Å². The number of fused-ring (bicyclic) bond motifs is 1. The maximum Gasteiger partial charge on any atom is 0.0743 e. The van der Waals surface area contributed by atoms with Gasteiger partial charge in [0.25, 0.3) is 0 Å². The third-order valence-electron chi connectivity index (χ3n) is 5.20. The van der Waals surface area contributed by atoms with Crippen molar-refractivity contribution >= 4 is 11.3 Å². The highest BCUT2D eigenvalue weighted by Gasteiger charge is 2.34. The SMILES string of the molecule is c1cc(CN2CCO[C@@H]3CCN(Cc4ccsc4)CC[C@H]32)ccn1. The molecule has 0 amide bonds. The molecule has 128 valence electrons. The van der Waals surface area contributed by atoms with Crippen LogP contribution in [0.2, 0.25) is 0 Å². The van der Waals surface area contributed by atoms with Crippen LogP contribution in [0.4, 0.5) is 0 Å². The molecule has 0 aromatic carbocycles. The first kappa shape index (κ1) is 16.2. The third kappa shape index (κ3) is 3.86. The summed E-state index contributed by atoms with van der Waals surface area (Å²) in [6, 6.07) is 7.04. The molecule has 2 aliphatic rings. The van der Waals surface area contributed by atoms with Gasteiger partial charge >= 0.3 is 0 Å². The molecule has 4 rings (SSSR count). The molecule has 2 saturated heterocycles. The van der Waals surface area contributed by atoms with Gasteiger partial charge in [0, 0.05) is 51.2 Å². The van der Waals surface area contributed by atoms with Gasteiger partial charge in [-0.3, -0.25) is 14.8 Å². The minimum Gasteiger partial charge on any atom is -0.375 e. The zero-order valence-corrected chi connectivity index (χ0v) is 14.8. The summed E-state index contributed by atoms with van der Waals surface area (Å²) in [5, 5.41) is 4.44. The molecule has 2 aliphatic heterocycles. The van der Waals surface area contributed by atoms with E-state index in [0.717, 1.165) is 45.8 Å². The number of hydrogen-bond donors (Lipinski definition) is 0. The molecule has 2 aromatic heterocycles. The number of pyridine rings is 1. The highest BCUT2D eigenvalue weighted by atomic mass is 32.1. The van der Waals surface area contributed by atoms with Gasteiger partial charge in [0.2, 0.25) is 0 Å². The molecule has 2 aromatic rings. The van der Waals surface area contributed by atoms with Crippen LogP contribution in [0.15, 0.2) is 41.4 Å². The van der Waals surface area contributed by atoms with Crippen molar-refractivity contribution in [3.63, 3.8) is 0 Å². The van der Waals surface area contributed by atoms with E-state index in [4.69, 9.17) is 4.74 Å². The highest BCUT2D eigenvalue weighted by molar-refractivity contribution is 7.07. The predicted octanol–water partition coefficient (Wildman–Crippen LogP) is 3.01. The lowest BCUT2D eigenvalue weighted by molar-refractivity contribution is -0.0747. The Kier molecular flexibility index (Phi) is 5.23. The predicted molar refractivity (Wildman–Crippen MR) is 97.0 cm³/mol. The maximum atomic E-state index is 6.13. The van der Waals surface area contributed by atoms with Gasteiger partial charge in [0.1, 0.15) is 0 Å². The first-order valence-electron chi connectivity index (χ1n) is 8.86. The molecule has 2 fully saturated rings. The lowest BCUT2D eigenvalue weighted by Crippen LogP contribution is -2.50. The van der Waals surface area contributed by atoms with Crippen LogP contribution in [0.3, 0.4) is 0 Å². The summed E-state index contributed by atoms with van der Waals surface area (Å²) in [7, 11) is 0. The average Bonchev–Trinajstić information content (AvgIpc) is 3.03. The van der Waals surface area contributed by atoms with Crippen LogP contribution in [0, 0.1) is 0 Å². The second-order valence-corrected chi connectivity index (χ2v) is 7.57. The standard InChI is InChI=1S/C19H25N3OS/c1-6-20-7-2-16(1)14-22-10-11-23-19-4-9-21(8-3-18(19)22)13-17-5-12-24-15-17/h1-2,5-7,12,15,18-19H,3-4,8-11,13-14H2/t18-,19-/m1/s1. The van der Waals surface area contributed by atoms with Gasteiger partial charge in [-0.2, -0.15) is 11.3 Å². The number of ether oxygens (including phenoxy) is 1. The Morgan fingerprint density at radius 2 is 1.92 bits per heavy atom. The van der Waals surface area contributed by atoms with E-state index < -0.39 is 0 Å². The van der Waals surface area contributed by atoms with Crippen molar-refractivity contribution in [1.82, 2.24) is 14.8 Å². The summed E-state index contributed by atoms with van der Waals surface area (Å²) in [6.45, 7) is 6.28. The highest BCUT2D eigenvalue weighted by Crippen LogP contribution is 2.26. The summed E-state index contributed by atoms with van der Waals surface area (Å²) in [6.07, 6.45) is 6.50.